The molecule has 2 rings (SSSR count). The van der Waals surface area contributed by atoms with E-state index in [1.165, 1.54) is 0 Å². The van der Waals surface area contributed by atoms with Gasteiger partial charge in [0.05, 0.1) is 13.2 Å². The normalized spacial score (nSPS) is 10.9. The molecule has 0 amide bonds. The van der Waals surface area contributed by atoms with Gasteiger partial charge >= 0.3 is 0 Å². The number of fused-ring (bicyclic) bond motifs is 1. The molecule has 4 heteroatoms. The quantitative estimate of drug-likeness (QED) is 0.753. The number of nitrogens with zero attached hydrogens (tertiary/aromatic N) is 1. The molecule has 0 unspecified atom stereocenters. The molecule has 0 radical (unpaired) electrons. The summed E-state index contributed by atoms with van der Waals surface area (Å²) in [6.45, 7) is 3.95. The minimum Gasteiger partial charge on any atom is -0.475 e. The molecule has 0 saturated carbocycles. The van der Waals surface area contributed by atoms with E-state index in [1.807, 2.05) is 24.3 Å². The lowest BCUT2D eigenvalue weighted by atomic mass is 10.1. The molecule has 1 aromatic heterocycles. The topological polar surface area (TPSA) is 51.6 Å². The smallest absolute Gasteiger partial charge is 0.221 e. The van der Waals surface area contributed by atoms with Crippen LogP contribution < -0.4 is 4.74 Å². The van der Waals surface area contributed by atoms with E-state index in [9.17, 15) is 5.11 Å². The molecule has 2 aromatic rings. The minimum absolute atomic E-state index is 0.0199. The molecule has 0 aliphatic carbocycles. The Labute approximate surface area is 119 Å². The zero-order valence-electron chi connectivity index (χ0n) is 11.8. The van der Waals surface area contributed by atoms with Crippen molar-refractivity contribution >= 4 is 10.8 Å². The first-order valence-electron chi connectivity index (χ1n) is 7.04. The van der Waals surface area contributed by atoms with E-state index in [1.54, 1.807) is 6.20 Å². The number of benzene rings is 1. The van der Waals surface area contributed by atoms with Crippen LogP contribution in [0.15, 0.2) is 30.5 Å². The molecule has 0 saturated heterocycles. The van der Waals surface area contributed by atoms with Crippen LogP contribution in [0.2, 0.25) is 0 Å². The summed E-state index contributed by atoms with van der Waals surface area (Å²) < 4.78 is 11.1. The molecule has 1 heterocycles. The van der Waals surface area contributed by atoms with Crippen molar-refractivity contribution in [3.05, 3.63) is 36.0 Å². The summed E-state index contributed by atoms with van der Waals surface area (Å²) in [7, 11) is 0. The molecule has 0 aliphatic rings. The summed E-state index contributed by atoms with van der Waals surface area (Å²) in [5, 5.41) is 11.2. The molecule has 0 fully saturated rings. The number of hydrogen-bond acceptors (Lipinski definition) is 4. The average Bonchev–Trinajstić information content (AvgIpc) is 2.50. The summed E-state index contributed by atoms with van der Waals surface area (Å²) in [4.78, 5) is 4.27. The molecule has 20 heavy (non-hydrogen) atoms. The third kappa shape index (κ3) is 3.68. The fraction of sp³-hybridized carbons (Fsp3) is 0.438. The van der Waals surface area contributed by atoms with Gasteiger partial charge in [0, 0.05) is 23.8 Å². The van der Waals surface area contributed by atoms with Crippen molar-refractivity contribution in [1.82, 2.24) is 4.98 Å². The van der Waals surface area contributed by atoms with Gasteiger partial charge in [-0.15, -0.1) is 0 Å². The van der Waals surface area contributed by atoms with E-state index in [0.717, 1.165) is 35.8 Å². The number of aromatic nitrogens is 1. The highest BCUT2D eigenvalue weighted by Crippen LogP contribution is 2.25. The molecule has 0 aliphatic heterocycles. The lowest BCUT2D eigenvalue weighted by Gasteiger charge is -2.10. The Hall–Kier alpha value is -1.65. The zero-order valence-corrected chi connectivity index (χ0v) is 11.8. The van der Waals surface area contributed by atoms with Crippen LogP contribution in [0.4, 0.5) is 0 Å². The van der Waals surface area contributed by atoms with Crippen LogP contribution in [0.3, 0.4) is 0 Å². The van der Waals surface area contributed by atoms with Crippen molar-refractivity contribution < 1.29 is 14.6 Å². The van der Waals surface area contributed by atoms with Crippen LogP contribution in [0, 0.1) is 0 Å². The van der Waals surface area contributed by atoms with Gasteiger partial charge in [0.15, 0.2) is 0 Å². The third-order valence-electron chi connectivity index (χ3n) is 3.12. The van der Waals surface area contributed by atoms with Gasteiger partial charge in [0.2, 0.25) is 5.88 Å². The highest BCUT2D eigenvalue weighted by atomic mass is 16.5. The Bertz CT molecular complexity index is 542. The summed E-state index contributed by atoms with van der Waals surface area (Å²) in [5.74, 6) is 0.594. The molecular weight excluding hydrogens is 254 g/mol. The highest BCUT2D eigenvalue weighted by Gasteiger charge is 2.07. The van der Waals surface area contributed by atoms with Crippen molar-refractivity contribution in [1.29, 1.82) is 0 Å². The van der Waals surface area contributed by atoms with Crippen LogP contribution in [0.5, 0.6) is 5.88 Å². The second-order valence-corrected chi connectivity index (χ2v) is 4.61. The van der Waals surface area contributed by atoms with Crippen molar-refractivity contribution in [3.63, 3.8) is 0 Å². The fourth-order valence-electron chi connectivity index (χ4n) is 2.01. The highest BCUT2D eigenvalue weighted by molar-refractivity contribution is 5.89. The average molecular weight is 275 g/mol. The van der Waals surface area contributed by atoms with Crippen molar-refractivity contribution in [2.24, 2.45) is 0 Å². The van der Waals surface area contributed by atoms with Gasteiger partial charge in [0.25, 0.3) is 0 Å². The second-order valence-electron chi connectivity index (χ2n) is 4.61. The van der Waals surface area contributed by atoms with E-state index in [0.29, 0.717) is 19.1 Å². The van der Waals surface area contributed by atoms with Gasteiger partial charge < -0.3 is 14.6 Å². The van der Waals surface area contributed by atoms with E-state index in [2.05, 4.69) is 11.9 Å². The molecular formula is C16H21NO3. The summed E-state index contributed by atoms with van der Waals surface area (Å²) in [5.41, 5.74) is 0.812. The van der Waals surface area contributed by atoms with Gasteiger partial charge in [-0.25, -0.2) is 4.98 Å². The first kappa shape index (κ1) is 14.8. The van der Waals surface area contributed by atoms with Crippen LogP contribution >= 0.6 is 0 Å². The third-order valence-corrected chi connectivity index (χ3v) is 3.12. The number of aliphatic hydroxyl groups excluding tert-OH is 1. The van der Waals surface area contributed by atoms with Crippen molar-refractivity contribution in [2.45, 2.75) is 26.4 Å². The number of ether oxygens (including phenoxy) is 2. The molecule has 1 aromatic carbocycles. The Balaban J connectivity index is 2.00. The number of aliphatic hydroxyl groups is 1. The predicted octanol–water partition coefficient (Wildman–Crippen LogP) is 2.92. The standard InChI is InChI=1S/C16H21NO3/c1-2-3-8-19-9-10-20-16-15-7-5-4-6-14(15)13(12-18)11-17-16/h4-7,11,18H,2-3,8-10,12H2,1H3. The predicted molar refractivity (Wildman–Crippen MR) is 78.9 cm³/mol. The molecule has 1 N–H and O–H groups in total. The molecule has 0 atom stereocenters. The molecule has 0 spiro atoms. The zero-order chi connectivity index (χ0) is 14.2. The van der Waals surface area contributed by atoms with Crippen LogP contribution in [-0.2, 0) is 11.3 Å². The number of unbranched alkanes of at least 4 members (excludes halogenated alkanes) is 1. The van der Waals surface area contributed by atoms with Crippen LogP contribution in [0.1, 0.15) is 25.3 Å². The van der Waals surface area contributed by atoms with Gasteiger partial charge in [-0.3, -0.25) is 0 Å². The number of pyridine rings is 1. The van der Waals surface area contributed by atoms with Gasteiger partial charge in [-0.2, -0.15) is 0 Å². The Morgan fingerprint density at radius 2 is 1.90 bits per heavy atom. The van der Waals surface area contributed by atoms with E-state index in [-0.39, 0.29) is 6.61 Å². The fourth-order valence-corrected chi connectivity index (χ4v) is 2.01. The minimum atomic E-state index is -0.0199. The van der Waals surface area contributed by atoms with Crippen LogP contribution in [-0.4, -0.2) is 29.9 Å². The van der Waals surface area contributed by atoms with Gasteiger partial charge in [-0.1, -0.05) is 31.5 Å². The van der Waals surface area contributed by atoms with Crippen molar-refractivity contribution in [3.8, 4) is 5.88 Å². The second kappa shape index (κ2) is 7.82. The lowest BCUT2D eigenvalue weighted by Crippen LogP contribution is -2.08. The Morgan fingerprint density at radius 3 is 2.65 bits per heavy atom. The van der Waals surface area contributed by atoms with Crippen molar-refractivity contribution in [2.75, 3.05) is 19.8 Å². The number of rotatable bonds is 8. The van der Waals surface area contributed by atoms with Crippen LogP contribution in [0.25, 0.3) is 10.8 Å². The SMILES string of the molecule is CCCCOCCOc1ncc(CO)c2ccccc12. The lowest BCUT2D eigenvalue weighted by molar-refractivity contribution is 0.0971. The van der Waals surface area contributed by atoms with E-state index < -0.39 is 0 Å². The number of hydrogen-bond donors (Lipinski definition) is 1. The van der Waals surface area contributed by atoms with Gasteiger partial charge in [-0.05, 0) is 17.9 Å². The maximum atomic E-state index is 9.32. The Morgan fingerprint density at radius 1 is 1.10 bits per heavy atom. The largest absolute Gasteiger partial charge is 0.475 e. The van der Waals surface area contributed by atoms with E-state index in [4.69, 9.17) is 9.47 Å². The molecule has 108 valence electrons. The van der Waals surface area contributed by atoms with Gasteiger partial charge in [0.1, 0.15) is 6.61 Å². The molecule has 4 nitrogen and oxygen atoms in total. The Kier molecular flexibility index (Phi) is 5.77. The maximum absolute atomic E-state index is 9.32. The van der Waals surface area contributed by atoms with E-state index >= 15 is 0 Å². The first-order valence-corrected chi connectivity index (χ1v) is 7.04. The monoisotopic (exact) mass is 275 g/mol. The summed E-state index contributed by atoms with van der Waals surface area (Å²) in [6.07, 6.45) is 3.87. The summed E-state index contributed by atoms with van der Waals surface area (Å²) >= 11 is 0. The summed E-state index contributed by atoms with van der Waals surface area (Å²) in [6, 6.07) is 7.80. The maximum Gasteiger partial charge on any atom is 0.221 e. The molecule has 0 bridgehead atoms. The first-order chi connectivity index (χ1) is 9.86.